The summed E-state index contributed by atoms with van der Waals surface area (Å²) in [4.78, 5) is 24.2. The second-order valence-electron chi connectivity index (χ2n) is 7.37. The summed E-state index contributed by atoms with van der Waals surface area (Å²) in [6.45, 7) is 7.48. The number of hydrogen-bond acceptors (Lipinski definition) is 5. The van der Waals surface area contributed by atoms with E-state index in [0.29, 0.717) is 11.4 Å². The van der Waals surface area contributed by atoms with Gasteiger partial charge in [0.15, 0.2) is 6.61 Å². The summed E-state index contributed by atoms with van der Waals surface area (Å²) in [7, 11) is 0. The molecule has 0 fully saturated rings. The van der Waals surface area contributed by atoms with Gasteiger partial charge in [0.1, 0.15) is 5.75 Å². The average Bonchev–Trinajstić information content (AvgIpc) is 3.02. The smallest absolute Gasteiger partial charge is 0.309 e. The van der Waals surface area contributed by atoms with E-state index in [0.717, 1.165) is 28.3 Å². The molecule has 0 unspecified atom stereocenters. The lowest BCUT2D eigenvalue weighted by molar-refractivity contribution is -0.147. The topological polar surface area (TPSA) is 82.5 Å². The Bertz CT molecular complexity index is 1070. The molecule has 0 saturated carbocycles. The molecule has 1 N–H and O–H groups in total. The molecule has 1 heterocycles. The van der Waals surface area contributed by atoms with Crippen molar-refractivity contribution in [2.75, 3.05) is 18.5 Å². The first-order valence-corrected chi connectivity index (χ1v) is 10.1. The van der Waals surface area contributed by atoms with Crippen molar-refractivity contribution in [3.05, 3.63) is 71.0 Å². The number of carbonyl (C=O) groups excluding carboxylic acids is 2. The van der Waals surface area contributed by atoms with Crippen LogP contribution in [0.5, 0.6) is 5.75 Å². The van der Waals surface area contributed by atoms with Crippen molar-refractivity contribution in [2.24, 2.45) is 0 Å². The van der Waals surface area contributed by atoms with Crippen molar-refractivity contribution >= 4 is 17.6 Å². The Balaban J connectivity index is 1.50. The number of ether oxygens (including phenoxy) is 2. The zero-order valence-electron chi connectivity index (χ0n) is 18.3. The van der Waals surface area contributed by atoms with Crippen LogP contribution in [0, 0.1) is 27.7 Å². The first kappa shape index (κ1) is 22.1. The molecular formula is C24H27N3O4. The van der Waals surface area contributed by atoms with Gasteiger partial charge in [-0.15, -0.1) is 0 Å². The quantitative estimate of drug-likeness (QED) is 0.555. The summed E-state index contributed by atoms with van der Waals surface area (Å²) >= 11 is 0. The molecule has 0 bridgehead atoms. The van der Waals surface area contributed by atoms with E-state index < -0.39 is 11.9 Å². The van der Waals surface area contributed by atoms with Crippen LogP contribution in [-0.4, -0.2) is 34.9 Å². The SMILES string of the molecule is Cc1ccc(-n2nc(C)c(NC(=O)COC(=O)CCOc3ccccc3C)c2C)cc1. The molecular weight excluding hydrogens is 394 g/mol. The predicted molar refractivity (Wildman–Crippen MR) is 119 cm³/mol. The normalized spacial score (nSPS) is 10.6. The second kappa shape index (κ2) is 9.93. The molecule has 1 aromatic heterocycles. The first-order chi connectivity index (χ1) is 14.8. The minimum absolute atomic E-state index is 0.0605. The zero-order chi connectivity index (χ0) is 22.4. The van der Waals surface area contributed by atoms with E-state index in [4.69, 9.17) is 9.47 Å². The molecule has 2 aromatic carbocycles. The van der Waals surface area contributed by atoms with E-state index in [2.05, 4.69) is 10.4 Å². The van der Waals surface area contributed by atoms with Crippen molar-refractivity contribution in [3.8, 4) is 11.4 Å². The van der Waals surface area contributed by atoms with Gasteiger partial charge in [0.05, 0.1) is 35.8 Å². The first-order valence-electron chi connectivity index (χ1n) is 10.1. The van der Waals surface area contributed by atoms with Crippen LogP contribution >= 0.6 is 0 Å². The second-order valence-corrected chi connectivity index (χ2v) is 7.37. The van der Waals surface area contributed by atoms with Crippen LogP contribution < -0.4 is 10.1 Å². The third kappa shape index (κ3) is 5.72. The lowest BCUT2D eigenvalue weighted by atomic mass is 10.2. The molecule has 0 aliphatic rings. The number of carbonyl (C=O) groups is 2. The van der Waals surface area contributed by atoms with Gasteiger partial charge in [0, 0.05) is 0 Å². The van der Waals surface area contributed by atoms with Crippen molar-refractivity contribution in [1.82, 2.24) is 9.78 Å². The standard InChI is InChI=1S/C24H27N3O4/c1-16-9-11-20(12-10-16)27-19(4)24(18(3)26-27)25-22(28)15-31-23(29)13-14-30-21-8-6-5-7-17(21)2/h5-12H,13-15H2,1-4H3,(H,25,28). The van der Waals surface area contributed by atoms with E-state index in [1.807, 2.05) is 76.2 Å². The van der Waals surface area contributed by atoms with Crippen LogP contribution in [0.15, 0.2) is 48.5 Å². The third-order valence-corrected chi connectivity index (χ3v) is 4.86. The molecule has 3 aromatic rings. The minimum Gasteiger partial charge on any atom is -0.493 e. The molecule has 0 radical (unpaired) electrons. The van der Waals surface area contributed by atoms with Gasteiger partial charge in [0.25, 0.3) is 5.91 Å². The number of anilines is 1. The van der Waals surface area contributed by atoms with Crippen LogP contribution in [0.3, 0.4) is 0 Å². The van der Waals surface area contributed by atoms with Crippen molar-refractivity contribution in [3.63, 3.8) is 0 Å². The van der Waals surface area contributed by atoms with Crippen LogP contribution in [0.25, 0.3) is 5.69 Å². The van der Waals surface area contributed by atoms with E-state index in [1.165, 1.54) is 0 Å². The van der Waals surface area contributed by atoms with Crippen LogP contribution in [0.1, 0.15) is 28.9 Å². The highest BCUT2D eigenvalue weighted by atomic mass is 16.5. The van der Waals surface area contributed by atoms with Gasteiger partial charge >= 0.3 is 5.97 Å². The molecule has 7 heteroatoms. The van der Waals surface area contributed by atoms with Gasteiger partial charge in [-0.25, -0.2) is 4.68 Å². The molecule has 7 nitrogen and oxygen atoms in total. The minimum atomic E-state index is -0.493. The van der Waals surface area contributed by atoms with Gasteiger partial charge < -0.3 is 14.8 Å². The number of hydrogen-bond donors (Lipinski definition) is 1. The summed E-state index contributed by atoms with van der Waals surface area (Å²) in [5.74, 6) is -0.181. The molecule has 0 atom stereocenters. The van der Waals surface area contributed by atoms with Crippen LogP contribution in [-0.2, 0) is 14.3 Å². The van der Waals surface area contributed by atoms with E-state index in [-0.39, 0.29) is 19.6 Å². The maximum atomic E-state index is 12.3. The Hall–Kier alpha value is -3.61. The van der Waals surface area contributed by atoms with Crippen LogP contribution in [0.4, 0.5) is 5.69 Å². The Morgan fingerprint density at radius 1 is 1.00 bits per heavy atom. The van der Waals surface area contributed by atoms with Gasteiger partial charge in [-0.2, -0.15) is 5.10 Å². The van der Waals surface area contributed by atoms with Crippen molar-refractivity contribution in [1.29, 1.82) is 0 Å². The van der Waals surface area contributed by atoms with Crippen molar-refractivity contribution < 1.29 is 19.1 Å². The maximum Gasteiger partial charge on any atom is 0.309 e. The summed E-state index contributed by atoms with van der Waals surface area (Å²) in [6, 6.07) is 15.5. The van der Waals surface area contributed by atoms with Crippen molar-refractivity contribution in [2.45, 2.75) is 34.1 Å². The largest absolute Gasteiger partial charge is 0.493 e. The zero-order valence-corrected chi connectivity index (χ0v) is 18.3. The number of nitrogens with zero attached hydrogens (tertiary/aromatic N) is 2. The molecule has 0 spiro atoms. The Kier molecular flexibility index (Phi) is 7.07. The number of nitrogens with one attached hydrogen (secondary N) is 1. The van der Waals surface area contributed by atoms with Gasteiger partial charge in [-0.3, -0.25) is 9.59 Å². The number of aryl methyl sites for hydroxylation is 3. The van der Waals surface area contributed by atoms with E-state index in [1.54, 1.807) is 4.68 Å². The number of benzene rings is 2. The Labute approximate surface area is 182 Å². The Morgan fingerprint density at radius 3 is 2.42 bits per heavy atom. The van der Waals surface area contributed by atoms with E-state index in [9.17, 15) is 9.59 Å². The number of esters is 1. The number of rotatable bonds is 8. The summed E-state index contributed by atoms with van der Waals surface area (Å²) < 4.78 is 12.4. The van der Waals surface area contributed by atoms with E-state index >= 15 is 0 Å². The molecule has 162 valence electrons. The number of para-hydroxylation sites is 1. The summed E-state index contributed by atoms with van der Waals surface area (Å²) in [6.07, 6.45) is 0.0605. The van der Waals surface area contributed by atoms with Gasteiger partial charge in [0.2, 0.25) is 0 Å². The van der Waals surface area contributed by atoms with Crippen LogP contribution in [0.2, 0.25) is 0 Å². The average molecular weight is 421 g/mol. The molecule has 0 saturated heterocycles. The fraction of sp³-hybridized carbons (Fsp3) is 0.292. The number of aromatic nitrogens is 2. The predicted octanol–water partition coefficient (Wildman–Crippen LogP) is 4.06. The van der Waals surface area contributed by atoms with Gasteiger partial charge in [-0.1, -0.05) is 35.9 Å². The molecule has 1 amide bonds. The fourth-order valence-electron chi connectivity index (χ4n) is 3.12. The molecule has 0 aliphatic carbocycles. The highest BCUT2D eigenvalue weighted by Crippen LogP contribution is 2.23. The highest BCUT2D eigenvalue weighted by molar-refractivity contribution is 5.93. The fourth-order valence-corrected chi connectivity index (χ4v) is 3.12. The monoisotopic (exact) mass is 421 g/mol. The molecule has 3 rings (SSSR count). The highest BCUT2D eigenvalue weighted by Gasteiger charge is 2.16. The molecule has 0 aliphatic heterocycles. The molecule has 31 heavy (non-hydrogen) atoms. The third-order valence-electron chi connectivity index (χ3n) is 4.86. The summed E-state index contributed by atoms with van der Waals surface area (Å²) in [5, 5.41) is 7.31. The number of amides is 1. The van der Waals surface area contributed by atoms with Gasteiger partial charge in [-0.05, 0) is 51.5 Å². The lowest BCUT2D eigenvalue weighted by Crippen LogP contribution is -2.22. The maximum absolute atomic E-state index is 12.3. The summed E-state index contributed by atoms with van der Waals surface area (Å²) in [5.41, 5.74) is 5.16. The Morgan fingerprint density at radius 2 is 1.71 bits per heavy atom. The lowest BCUT2D eigenvalue weighted by Gasteiger charge is -2.09.